The van der Waals surface area contributed by atoms with Crippen LogP contribution in [0.3, 0.4) is 0 Å². The summed E-state index contributed by atoms with van der Waals surface area (Å²) in [4.78, 5) is 17.9. The second-order valence-corrected chi connectivity index (χ2v) is 9.27. The number of carbonyl (C=O) groups excluding carboxylic acids is 1. The Kier molecular flexibility index (Phi) is 6.62. The Morgan fingerprint density at radius 2 is 1.88 bits per heavy atom. The number of nitrogens with zero attached hydrogens (tertiary/aromatic N) is 2. The van der Waals surface area contributed by atoms with Crippen LogP contribution in [0.4, 0.5) is 4.39 Å². The zero-order chi connectivity index (χ0) is 22.7. The van der Waals surface area contributed by atoms with E-state index in [0.29, 0.717) is 18.9 Å². The molecule has 33 heavy (non-hydrogen) atoms. The molecule has 2 aromatic carbocycles. The van der Waals surface area contributed by atoms with Crippen LogP contribution in [-0.4, -0.2) is 73.4 Å². The number of carbonyl (C=O) groups is 1. The molecule has 0 aliphatic carbocycles. The number of hydrogen-bond acceptors (Lipinski definition) is 5. The van der Waals surface area contributed by atoms with E-state index in [0.717, 1.165) is 69.8 Å². The molecule has 3 saturated heterocycles. The fourth-order valence-corrected chi connectivity index (χ4v) is 5.18. The standard InChI is InChI=1S/C26H31FN2O4/c27-21-6-8-22(9-7-21)33-23-16-26(32-18-23)10-3-11-29(19-26)25(30)24-5-2-1-4-20(24)17-28-12-14-31-15-13-28/h1-2,4-9,23H,3,10-19H2/t23-,26+/m1/s1. The van der Waals surface area contributed by atoms with Crippen molar-refractivity contribution >= 4 is 5.91 Å². The van der Waals surface area contributed by atoms with Gasteiger partial charge in [0.05, 0.1) is 32.0 Å². The van der Waals surface area contributed by atoms with Gasteiger partial charge in [0, 0.05) is 38.2 Å². The second-order valence-electron chi connectivity index (χ2n) is 9.27. The minimum atomic E-state index is -0.377. The third kappa shape index (κ3) is 5.21. The zero-order valence-electron chi connectivity index (χ0n) is 18.9. The van der Waals surface area contributed by atoms with Gasteiger partial charge in [-0.1, -0.05) is 18.2 Å². The Balaban J connectivity index is 1.24. The van der Waals surface area contributed by atoms with Crippen LogP contribution in [0.1, 0.15) is 35.2 Å². The molecule has 0 N–H and O–H groups in total. The van der Waals surface area contributed by atoms with Gasteiger partial charge in [-0.15, -0.1) is 0 Å². The Hall–Kier alpha value is -2.48. The molecular weight excluding hydrogens is 423 g/mol. The number of benzene rings is 2. The summed E-state index contributed by atoms with van der Waals surface area (Å²) in [5, 5.41) is 0. The van der Waals surface area contributed by atoms with E-state index in [9.17, 15) is 9.18 Å². The van der Waals surface area contributed by atoms with Crippen molar-refractivity contribution in [2.75, 3.05) is 46.0 Å². The predicted molar refractivity (Wildman–Crippen MR) is 122 cm³/mol. The van der Waals surface area contributed by atoms with E-state index in [2.05, 4.69) is 11.0 Å². The maximum Gasteiger partial charge on any atom is 0.254 e. The minimum absolute atomic E-state index is 0.0736. The number of rotatable bonds is 5. The summed E-state index contributed by atoms with van der Waals surface area (Å²) in [5.41, 5.74) is 1.46. The highest BCUT2D eigenvalue weighted by Crippen LogP contribution is 2.37. The lowest BCUT2D eigenvalue weighted by Crippen LogP contribution is -2.50. The molecule has 3 aliphatic rings. The predicted octanol–water partition coefficient (Wildman–Crippen LogP) is 3.50. The van der Waals surface area contributed by atoms with Gasteiger partial charge in [0.1, 0.15) is 17.7 Å². The Bertz CT molecular complexity index is 963. The number of hydrogen-bond donors (Lipinski definition) is 0. The molecule has 3 heterocycles. The molecule has 176 valence electrons. The average molecular weight is 455 g/mol. The lowest BCUT2D eigenvalue weighted by molar-refractivity contribution is -0.0454. The molecule has 0 saturated carbocycles. The third-order valence-electron chi connectivity index (χ3n) is 6.86. The molecule has 0 aromatic heterocycles. The van der Waals surface area contributed by atoms with Crippen molar-refractivity contribution in [3.05, 3.63) is 65.5 Å². The number of likely N-dealkylation sites (tertiary alicyclic amines) is 1. The van der Waals surface area contributed by atoms with Crippen LogP contribution in [0.2, 0.25) is 0 Å². The van der Waals surface area contributed by atoms with Crippen molar-refractivity contribution in [3.63, 3.8) is 0 Å². The maximum atomic E-state index is 13.6. The summed E-state index contributed by atoms with van der Waals surface area (Å²) in [6.07, 6.45) is 2.44. The molecule has 0 radical (unpaired) electrons. The molecular formula is C26H31FN2O4. The van der Waals surface area contributed by atoms with Gasteiger partial charge in [-0.25, -0.2) is 4.39 Å². The fourth-order valence-electron chi connectivity index (χ4n) is 5.18. The Morgan fingerprint density at radius 1 is 1.09 bits per heavy atom. The quantitative estimate of drug-likeness (QED) is 0.692. The van der Waals surface area contributed by atoms with Gasteiger partial charge in [0.25, 0.3) is 5.91 Å². The summed E-state index contributed by atoms with van der Waals surface area (Å²) in [6.45, 7) is 5.80. The molecule has 1 spiro atoms. The molecule has 3 aliphatic heterocycles. The normalized spacial score (nSPS) is 26.0. The molecule has 0 bridgehead atoms. The molecule has 1 amide bonds. The fraction of sp³-hybridized carbons (Fsp3) is 0.500. The van der Waals surface area contributed by atoms with Crippen LogP contribution in [-0.2, 0) is 16.0 Å². The molecule has 5 rings (SSSR count). The summed E-state index contributed by atoms with van der Waals surface area (Å²) in [5.74, 6) is 0.434. The van der Waals surface area contributed by atoms with Crippen molar-refractivity contribution in [1.82, 2.24) is 9.80 Å². The van der Waals surface area contributed by atoms with Gasteiger partial charge in [-0.2, -0.15) is 0 Å². The van der Waals surface area contributed by atoms with E-state index < -0.39 is 0 Å². The monoisotopic (exact) mass is 454 g/mol. The molecule has 0 unspecified atom stereocenters. The van der Waals surface area contributed by atoms with Crippen molar-refractivity contribution < 1.29 is 23.4 Å². The first-order valence-electron chi connectivity index (χ1n) is 11.8. The highest BCUT2D eigenvalue weighted by Gasteiger charge is 2.45. The summed E-state index contributed by atoms with van der Waals surface area (Å²) < 4.78 is 30.9. The lowest BCUT2D eigenvalue weighted by atomic mass is 9.88. The highest BCUT2D eigenvalue weighted by molar-refractivity contribution is 5.95. The third-order valence-corrected chi connectivity index (χ3v) is 6.86. The van der Waals surface area contributed by atoms with E-state index in [1.165, 1.54) is 12.1 Å². The Morgan fingerprint density at radius 3 is 2.70 bits per heavy atom. The maximum absolute atomic E-state index is 13.6. The summed E-state index contributed by atoms with van der Waals surface area (Å²) in [6, 6.07) is 14.0. The number of piperidine rings is 1. The van der Waals surface area contributed by atoms with Crippen molar-refractivity contribution in [2.24, 2.45) is 0 Å². The lowest BCUT2D eigenvalue weighted by Gasteiger charge is -2.40. The molecule has 3 fully saturated rings. The van der Waals surface area contributed by atoms with Gasteiger partial charge < -0.3 is 19.1 Å². The van der Waals surface area contributed by atoms with Crippen LogP contribution in [0.25, 0.3) is 0 Å². The molecule has 2 atom stereocenters. The van der Waals surface area contributed by atoms with E-state index in [4.69, 9.17) is 14.2 Å². The SMILES string of the molecule is O=C(c1ccccc1CN1CCOCC1)N1CCC[C@]2(C[C@@H](Oc3ccc(F)cc3)CO2)C1. The zero-order valence-corrected chi connectivity index (χ0v) is 18.9. The average Bonchev–Trinajstić information content (AvgIpc) is 3.22. The van der Waals surface area contributed by atoms with Gasteiger partial charge >= 0.3 is 0 Å². The Labute approximate surface area is 194 Å². The van der Waals surface area contributed by atoms with Crippen LogP contribution in [0, 0.1) is 5.82 Å². The van der Waals surface area contributed by atoms with Crippen molar-refractivity contribution in [2.45, 2.75) is 37.5 Å². The van der Waals surface area contributed by atoms with Crippen LogP contribution in [0.15, 0.2) is 48.5 Å². The first-order chi connectivity index (χ1) is 16.1. The summed E-state index contributed by atoms with van der Waals surface area (Å²) in [7, 11) is 0. The van der Waals surface area contributed by atoms with Crippen LogP contribution in [0.5, 0.6) is 5.75 Å². The van der Waals surface area contributed by atoms with Gasteiger partial charge in [0.2, 0.25) is 0 Å². The first-order valence-corrected chi connectivity index (χ1v) is 11.8. The van der Waals surface area contributed by atoms with E-state index in [-0.39, 0.29) is 23.4 Å². The topological polar surface area (TPSA) is 51.2 Å². The van der Waals surface area contributed by atoms with Gasteiger partial charge in [-0.05, 0) is 48.7 Å². The van der Waals surface area contributed by atoms with E-state index in [1.807, 2.05) is 23.1 Å². The van der Waals surface area contributed by atoms with Crippen LogP contribution >= 0.6 is 0 Å². The van der Waals surface area contributed by atoms with Crippen molar-refractivity contribution in [3.8, 4) is 5.75 Å². The molecule has 6 nitrogen and oxygen atoms in total. The van der Waals surface area contributed by atoms with Crippen LogP contribution < -0.4 is 4.74 Å². The van der Waals surface area contributed by atoms with E-state index >= 15 is 0 Å². The highest BCUT2D eigenvalue weighted by atomic mass is 19.1. The molecule has 7 heteroatoms. The second kappa shape index (κ2) is 9.79. The largest absolute Gasteiger partial charge is 0.488 e. The minimum Gasteiger partial charge on any atom is -0.488 e. The van der Waals surface area contributed by atoms with E-state index in [1.54, 1.807) is 12.1 Å². The first kappa shape index (κ1) is 22.3. The van der Waals surface area contributed by atoms with Gasteiger partial charge in [0.15, 0.2) is 0 Å². The molecule has 2 aromatic rings. The smallest absolute Gasteiger partial charge is 0.254 e. The van der Waals surface area contributed by atoms with Crippen molar-refractivity contribution in [1.29, 1.82) is 0 Å². The number of amides is 1. The number of morpholine rings is 1. The number of ether oxygens (including phenoxy) is 3. The summed E-state index contributed by atoms with van der Waals surface area (Å²) >= 11 is 0. The number of halogens is 1. The van der Waals surface area contributed by atoms with Gasteiger partial charge in [-0.3, -0.25) is 9.69 Å².